The summed E-state index contributed by atoms with van der Waals surface area (Å²) in [6.45, 7) is 0.866. The Morgan fingerprint density at radius 1 is 1.50 bits per heavy atom. The molecule has 2 heterocycles. The zero-order valence-electron chi connectivity index (χ0n) is 7.95. The van der Waals surface area contributed by atoms with Gasteiger partial charge in [0.15, 0.2) is 0 Å². The van der Waals surface area contributed by atoms with Gasteiger partial charge in [-0.15, -0.1) is 0 Å². The summed E-state index contributed by atoms with van der Waals surface area (Å²) in [7, 11) is 0. The molecule has 1 aliphatic heterocycles. The van der Waals surface area contributed by atoms with Crippen LogP contribution in [0.3, 0.4) is 0 Å². The van der Waals surface area contributed by atoms with Crippen LogP contribution in [0.1, 0.15) is 25.1 Å². The molecule has 0 amide bonds. The van der Waals surface area contributed by atoms with E-state index in [0.717, 1.165) is 25.3 Å². The van der Waals surface area contributed by atoms with Gasteiger partial charge in [0.1, 0.15) is 11.0 Å². The minimum atomic E-state index is 0.280. The molecule has 0 N–H and O–H groups in total. The van der Waals surface area contributed by atoms with E-state index in [2.05, 4.69) is 9.97 Å². The number of ether oxygens (including phenoxy) is 1. The van der Waals surface area contributed by atoms with Crippen LogP contribution >= 0.6 is 11.6 Å². The Labute approximate surface area is 88.5 Å². The molecule has 1 unspecified atom stereocenters. The molecule has 1 aliphatic rings. The topological polar surface area (TPSA) is 35.0 Å². The molecule has 3 nitrogen and oxygen atoms in total. The van der Waals surface area contributed by atoms with Crippen molar-refractivity contribution in [2.45, 2.75) is 31.8 Å². The largest absolute Gasteiger partial charge is 0.378 e. The van der Waals surface area contributed by atoms with Gasteiger partial charge in [-0.05, 0) is 25.3 Å². The molecule has 0 spiro atoms. The molecule has 4 heteroatoms. The van der Waals surface area contributed by atoms with E-state index in [1.807, 2.05) is 0 Å². The number of hydrogen-bond donors (Lipinski definition) is 0. The third-order valence-electron chi connectivity index (χ3n) is 2.36. The van der Waals surface area contributed by atoms with Gasteiger partial charge in [0, 0.05) is 19.2 Å². The lowest BCUT2D eigenvalue weighted by Gasteiger charge is -2.21. The van der Waals surface area contributed by atoms with E-state index >= 15 is 0 Å². The van der Waals surface area contributed by atoms with Gasteiger partial charge in [-0.2, -0.15) is 0 Å². The van der Waals surface area contributed by atoms with Crippen LogP contribution in [0, 0.1) is 0 Å². The maximum absolute atomic E-state index is 5.77. The number of nitrogens with zero attached hydrogens (tertiary/aromatic N) is 2. The zero-order chi connectivity index (χ0) is 9.80. The normalized spacial score (nSPS) is 22.2. The number of aromatic nitrogens is 2. The summed E-state index contributed by atoms with van der Waals surface area (Å²) in [5, 5.41) is 0.505. The quantitative estimate of drug-likeness (QED) is 0.706. The molecule has 0 aliphatic carbocycles. The molecule has 1 fully saturated rings. The van der Waals surface area contributed by atoms with Crippen LogP contribution in [0.25, 0.3) is 0 Å². The smallest absolute Gasteiger partial charge is 0.132 e. The predicted octanol–water partition coefficient (Wildman–Crippen LogP) is 2.24. The molecule has 0 radical (unpaired) electrons. The van der Waals surface area contributed by atoms with E-state index in [1.54, 1.807) is 12.3 Å². The monoisotopic (exact) mass is 212 g/mol. The van der Waals surface area contributed by atoms with E-state index < -0.39 is 0 Å². The van der Waals surface area contributed by atoms with E-state index in [1.165, 1.54) is 12.8 Å². The summed E-state index contributed by atoms with van der Waals surface area (Å²) < 4.78 is 5.60. The highest BCUT2D eigenvalue weighted by atomic mass is 35.5. The van der Waals surface area contributed by atoms with E-state index in [9.17, 15) is 0 Å². The molecule has 14 heavy (non-hydrogen) atoms. The third kappa shape index (κ3) is 2.66. The molecule has 1 atom stereocenters. The summed E-state index contributed by atoms with van der Waals surface area (Å²) in [6, 6.07) is 1.69. The van der Waals surface area contributed by atoms with Crippen LogP contribution in [0.15, 0.2) is 12.3 Å². The fraction of sp³-hybridized carbons (Fsp3) is 0.600. The maximum atomic E-state index is 5.77. The van der Waals surface area contributed by atoms with Crippen LogP contribution in [0.5, 0.6) is 0 Å². The summed E-state index contributed by atoms with van der Waals surface area (Å²) in [5.74, 6) is 0.782. The van der Waals surface area contributed by atoms with Gasteiger partial charge in [0.25, 0.3) is 0 Å². The lowest BCUT2D eigenvalue weighted by molar-refractivity contribution is 0.0156. The van der Waals surface area contributed by atoms with Crippen LogP contribution in [0.4, 0.5) is 0 Å². The molecular formula is C10H13ClN2O. The van der Waals surface area contributed by atoms with Crippen molar-refractivity contribution in [1.29, 1.82) is 0 Å². The first-order valence-electron chi connectivity index (χ1n) is 4.93. The Bertz CT molecular complexity index is 300. The average Bonchev–Trinajstić information content (AvgIpc) is 2.19. The lowest BCUT2D eigenvalue weighted by atomic mass is 10.1. The molecular weight excluding hydrogens is 200 g/mol. The van der Waals surface area contributed by atoms with Crippen LogP contribution < -0.4 is 0 Å². The van der Waals surface area contributed by atoms with Crippen molar-refractivity contribution >= 4 is 11.6 Å². The molecule has 0 saturated carbocycles. The van der Waals surface area contributed by atoms with Crippen molar-refractivity contribution in [3.63, 3.8) is 0 Å². The highest BCUT2D eigenvalue weighted by molar-refractivity contribution is 6.29. The highest BCUT2D eigenvalue weighted by Gasteiger charge is 2.15. The maximum Gasteiger partial charge on any atom is 0.132 e. The molecule has 1 aromatic heterocycles. The third-order valence-corrected chi connectivity index (χ3v) is 2.57. The second kappa shape index (κ2) is 4.71. The van der Waals surface area contributed by atoms with Crippen molar-refractivity contribution in [3.8, 4) is 0 Å². The highest BCUT2D eigenvalue weighted by Crippen LogP contribution is 2.16. The van der Waals surface area contributed by atoms with Gasteiger partial charge in [-0.3, -0.25) is 0 Å². The fourth-order valence-electron chi connectivity index (χ4n) is 1.64. The average molecular weight is 213 g/mol. The van der Waals surface area contributed by atoms with Crippen molar-refractivity contribution in [3.05, 3.63) is 23.2 Å². The van der Waals surface area contributed by atoms with Crippen molar-refractivity contribution in [2.24, 2.45) is 0 Å². The van der Waals surface area contributed by atoms with Crippen LogP contribution in [0.2, 0.25) is 5.15 Å². The molecule has 1 aromatic rings. The molecule has 2 rings (SSSR count). The Kier molecular flexibility index (Phi) is 3.32. The van der Waals surface area contributed by atoms with Gasteiger partial charge in [-0.1, -0.05) is 11.6 Å². The van der Waals surface area contributed by atoms with E-state index in [-0.39, 0.29) is 6.10 Å². The molecule has 76 valence electrons. The standard InChI is InChI=1S/C10H13ClN2O/c11-9-4-5-12-10(13-9)7-8-3-1-2-6-14-8/h4-5,8H,1-3,6-7H2. The first kappa shape index (κ1) is 9.87. The fourth-order valence-corrected chi connectivity index (χ4v) is 1.80. The SMILES string of the molecule is Clc1ccnc(CC2CCCCO2)n1. The lowest BCUT2D eigenvalue weighted by Crippen LogP contribution is -2.22. The minimum absolute atomic E-state index is 0.280. The van der Waals surface area contributed by atoms with Gasteiger partial charge >= 0.3 is 0 Å². The van der Waals surface area contributed by atoms with Gasteiger partial charge in [-0.25, -0.2) is 9.97 Å². The van der Waals surface area contributed by atoms with Gasteiger partial charge in [0.2, 0.25) is 0 Å². The Hall–Kier alpha value is -0.670. The van der Waals surface area contributed by atoms with Crippen molar-refractivity contribution in [2.75, 3.05) is 6.61 Å². The number of rotatable bonds is 2. The van der Waals surface area contributed by atoms with Crippen LogP contribution in [-0.2, 0) is 11.2 Å². The first-order valence-corrected chi connectivity index (χ1v) is 5.31. The van der Waals surface area contributed by atoms with E-state index in [0.29, 0.717) is 5.15 Å². The molecule has 1 saturated heterocycles. The summed E-state index contributed by atoms with van der Waals surface area (Å²) in [6.07, 6.45) is 6.27. The van der Waals surface area contributed by atoms with Crippen molar-refractivity contribution in [1.82, 2.24) is 9.97 Å². The number of hydrogen-bond acceptors (Lipinski definition) is 3. The Morgan fingerprint density at radius 2 is 2.43 bits per heavy atom. The van der Waals surface area contributed by atoms with Gasteiger partial charge in [0.05, 0.1) is 6.10 Å². The first-order chi connectivity index (χ1) is 6.84. The second-order valence-electron chi connectivity index (χ2n) is 3.49. The Balaban J connectivity index is 1.95. The molecule has 0 aromatic carbocycles. The molecule has 0 bridgehead atoms. The summed E-state index contributed by atoms with van der Waals surface area (Å²) in [5.41, 5.74) is 0. The summed E-state index contributed by atoms with van der Waals surface area (Å²) in [4.78, 5) is 8.30. The van der Waals surface area contributed by atoms with Crippen molar-refractivity contribution < 1.29 is 4.74 Å². The van der Waals surface area contributed by atoms with Gasteiger partial charge < -0.3 is 4.74 Å². The zero-order valence-corrected chi connectivity index (χ0v) is 8.70. The predicted molar refractivity (Wildman–Crippen MR) is 54.3 cm³/mol. The minimum Gasteiger partial charge on any atom is -0.378 e. The second-order valence-corrected chi connectivity index (χ2v) is 3.88. The van der Waals surface area contributed by atoms with E-state index in [4.69, 9.17) is 16.3 Å². The Morgan fingerprint density at radius 3 is 3.14 bits per heavy atom. The summed E-state index contributed by atoms with van der Waals surface area (Å²) >= 11 is 5.77. The number of halogens is 1. The van der Waals surface area contributed by atoms with Crippen LogP contribution in [-0.4, -0.2) is 22.7 Å².